The van der Waals surface area contributed by atoms with Gasteiger partial charge in [-0.3, -0.25) is 0 Å². The number of nitrogens with one attached hydrogen (secondary N) is 1. The third-order valence-corrected chi connectivity index (χ3v) is 7.26. The third kappa shape index (κ3) is 3.72. The molecule has 0 radical (unpaired) electrons. The number of ether oxygens (including phenoxy) is 1. The Kier molecular flexibility index (Phi) is 5.48. The molecule has 1 N–H and O–H groups in total. The van der Waals surface area contributed by atoms with Crippen LogP contribution in [0.5, 0.6) is 5.75 Å². The number of rotatable bonds is 5. The van der Waals surface area contributed by atoms with E-state index in [1.165, 1.54) is 42.2 Å². The Hall–Kier alpha value is -2.37. The smallest absolute Gasteiger partial charge is 0.139 e. The van der Waals surface area contributed by atoms with Crippen molar-refractivity contribution < 1.29 is 4.74 Å². The molecule has 0 amide bonds. The van der Waals surface area contributed by atoms with Crippen LogP contribution in [0.25, 0.3) is 20.3 Å². The quantitative estimate of drug-likeness (QED) is 0.359. The Morgan fingerprint density at radius 2 is 1.93 bits per heavy atom. The highest BCUT2D eigenvalue weighted by Gasteiger charge is 2.22. The van der Waals surface area contributed by atoms with E-state index in [1.54, 1.807) is 18.4 Å². The molecular weight excluding hydrogens is 414 g/mol. The monoisotopic (exact) mass is 437 g/mol. The van der Waals surface area contributed by atoms with Gasteiger partial charge in [0.15, 0.2) is 0 Å². The van der Waals surface area contributed by atoms with E-state index < -0.39 is 0 Å². The highest BCUT2D eigenvalue weighted by molar-refractivity contribution is 7.25. The van der Waals surface area contributed by atoms with E-state index in [9.17, 15) is 0 Å². The lowest BCUT2D eigenvalue weighted by Gasteiger charge is -2.21. The maximum Gasteiger partial charge on any atom is 0.139 e. The van der Waals surface area contributed by atoms with Gasteiger partial charge in [-0.15, -0.1) is 11.3 Å². The van der Waals surface area contributed by atoms with Crippen molar-refractivity contribution in [1.82, 2.24) is 9.97 Å². The molecule has 4 aromatic rings. The molecule has 1 saturated carbocycles. The van der Waals surface area contributed by atoms with Gasteiger partial charge in [0.2, 0.25) is 0 Å². The van der Waals surface area contributed by atoms with Crippen molar-refractivity contribution in [3.05, 3.63) is 58.9 Å². The number of benzene rings is 2. The molecule has 2 aromatic heterocycles. The molecule has 154 valence electrons. The van der Waals surface area contributed by atoms with Crippen LogP contribution in [0.1, 0.15) is 49.4 Å². The zero-order valence-electron chi connectivity index (χ0n) is 17.0. The number of aromatic nitrogens is 2. The van der Waals surface area contributed by atoms with Crippen molar-refractivity contribution in [2.24, 2.45) is 0 Å². The first-order chi connectivity index (χ1) is 14.7. The van der Waals surface area contributed by atoms with Gasteiger partial charge in [-0.2, -0.15) is 0 Å². The second kappa shape index (κ2) is 8.40. The van der Waals surface area contributed by atoms with Crippen LogP contribution in [0.2, 0.25) is 5.02 Å². The van der Waals surface area contributed by atoms with Crippen molar-refractivity contribution in [2.75, 3.05) is 12.4 Å². The average Bonchev–Trinajstić information content (AvgIpc) is 3.17. The van der Waals surface area contributed by atoms with E-state index in [-0.39, 0.29) is 0 Å². The largest absolute Gasteiger partial charge is 0.495 e. The molecular formula is C24H24ClN3OS. The fourth-order valence-electron chi connectivity index (χ4n) is 4.32. The highest BCUT2D eigenvalue weighted by Crippen LogP contribution is 2.39. The predicted octanol–water partition coefficient (Wildman–Crippen LogP) is 7.17. The van der Waals surface area contributed by atoms with Gasteiger partial charge in [0.05, 0.1) is 17.5 Å². The molecule has 30 heavy (non-hydrogen) atoms. The third-order valence-electron chi connectivity index (χ3n) is 5.90. The number of hydrogen-bond donors (Lipinski definition) is 1. The minimum atomic E-state index is 0.462. The first kappa shape index (κ1) is 19.6. The van der Waals surface area contributed by atoms with Crippen LogP contribution < -0.4 is 10.1 Å². The van der Waals surface area contributed by atoms with Crippen LogP contribution in [0.15, 0.2) is 42.5 Å². The van der Waals surface area contributed by atoms with Crippen LogP contribution in [0.3, 0.4) is 0 Å². The van der Waals surface area contributed by atoms with Gasteiger partial charge in [-0.25, -0.2) is 9.97 Å². The first-order valence-electron chi connectivity index (χ1n) is 10.5. The first-order valence-corrected chi connectivity index (χ1v) is 11.7. The molecule has 0 atom stereocenters. The van der Waals surface area contributed by atoms with Gasteiger partial charge < -0.3 is 10.1 Å². The van der Waals surface area contributed by atoms with E-state index >= 15 is 0 Å². The Morgan fingerprint density at radius 3 is 2.73 bits per heavy atom. The van der Waals surface area contributed by atoms with Gasteiger partial charge in [0.25, 0.3) is 0 Å². The summed E-state index contributed by atoms with van der Waals surface area (Å²) in [5.41, 5.74) is 1.09. The molecule has 5 rings (SSSR count). The Morgan fingerprint density at radius 1 is 1.10 bits per heavy atom. The molecule has 1 aliphatic carbocycles. The molecule has 6 heteroatoms. The lowest BCUT2D eigenvalue weighted by molar-refractivity contribution is 0.415. The predicted molar refractivity (Wildman–Crippen MR) is 126 cm³/mol. The summed E-state index contributed by atoms with van der Waals surface area (Å²) in [5.74, 6) is 3.06. The van der Waals surface area contributed by atoms with Gasteiger partial charge >= 0.3 is 0 Å². The van der Waals surface area contributed by atoms with E-state index in [2.05, 4.69) is 29.6 Å². The van der Waals surface area contributed by atoms with E-state index in [4.69, 9.17) is 26.3 Å². The SMILES string of the molecule is COc1ccc(CNc2nc(C3CCCCC3)nc3sc4ccccc4c23)cc1Cl. The van der Waals surface area contributed by atoms with Crippen LogP contribution >= 0.6 is 22.9 Å². The van der Waals surface area contributed by atoms with E-state index in [0.29, 0.717) is 23.2 Å². The molecule has 2 aromatic carbocycles. The Balaban J connectivity index is 1.55. The number of thiophene rings is 1. The summed E-state index contributed by atoms with van der Waals surface area (Å²) in [6.45, 7) is 0.643. The molecule has 4 nitrogen and oxygen atoms in total. The van der Waals surface area contributed by atoms with Crippen molar-refractivity contribution >= 4 is 49.1 Å². The minimum absolute atomic E-state index is 0.462. The van der Waals surface area contributed by atoms with Crippen LogP contribution in [-0.2, 0) is 6.54 Å². The zero-order chi connectivity index (χ0) is 20.5. The maximum absolute atomic E-state index is 6.32. The molecule has 0 unspecified atom stereocenters. The lowest BCUT2D eigenvalue weighted by atomic mass is 9.88. The summed E-state index contributed by atoms with van der Waals surface area (Å²) in [4.78, 5) is 11.1. The second-order valence-corrected chi connectivity index (χ2v) is 9.30. The summed E-state index contributed by atoms with van der Waals surface area (Å²) in [6, 6.07) is 14.4. The van der Waals surface area contributed by atoms with Crippen LogP contribution in [0, 0.1) is 0 Å². The lowest BCUT2D eigenvalue weighted by Crippen LogP contribution is -2.11. The van der Waals surface area contributed by atoms with Crippen molar-refractivity contribution in [3.63, 3.8) is 0 Å². The van der Waals surface area contributed by atoms with Crippen LogP contribution in [0.4, 0.5) is 5.82 Å². The summed E-state index contributed by atoms with van der Waals surface area (Å²) < 4.78 is 6.52. The van der Waals surface area contributed by atoms with Gasteiger partial charge in [-0.05, 0) is 36.6 Å². The molecule has 0 saturated heterocycles. The summed E-state index contributed by atoms with van der Waals surface area (Å²) >= 11 is 8.07. The number of hydrogen-bond acceptors (Lipinski definition) is 5. The van der Waals surface area contributed by atoms with Crippen LogP contribution in [-0.4, -0.2) is 17.1 Å². The molecule has 0 bridgehead atoms. The number of nitrogens with zero attached hydrogens (tertiary/aromatic N) is 2. The molecule has 0 aliphatic heterocycles. The van der Waals surface area contributed by atoms with Gasteiger partial charge in [0, 0.05) is 22.5 Å². The fraction of sp³-hybridized carbons (Fsp3) is 0.333. The maximum atomic E-state index is 6.32. The van der Waals surface area contributed by atoms with Crippen molar-refractivity contribution in [2.45, 2.75) is 44.6 Å². The zero-order valence-corrected chi connectivity index (χ0v) is 18.5. The summed E-state index contributed by atoms with van der Waals surface area (Å²) in [6.07, 6.45) is 6.23. The van der Waals surface area contributed by atoms with Gasteiger partial charge in [-0.1, -0.05) is 55.1 Å². The molecule has 0 spiro atoms. The highest BCUT2D eigenvalue weighted by atomic mass is 35.5. The standard InChI is InChI=1S/C24H24ClN3OS/c1-29-19-12-11-15(13-18(19)25)14-26-23-21-17-9-5-6-10-20(17)30-24(21)28-22(27-23)16-7-3-2-4-8-16/h5-6,9-13,16H,2-4,7-8,14H2,1H3,(H,26,27,28). The number of anilines is 1. The normalized spacial score (nSPS) is 15.0. The van der Waals surface area contributed by atoms with Crippen molar-refractivity contribution in [3.8, 4) is 5.75 Å². The Bertz CT molecular complexity index is 1200. The topological polar surface area (TPSA) is 47.0 Å². The second-order valence-electron chi connectivity index (χ2n) is 7.87. The van der Waals surface area contributed by atoms with E-state index in [0.717, 1.165) is 27.4 Å². The molecule has 1 aliphatic rings. The van der Waals surface area contributed by atoms with Gasteiger partial charge in [0.1, 0.15) is 22.2 Å². The summed E-state index contributed by atoms with van der Waals surface area (Å²) in [7, 11) is 1.63. The fourth-order valence-corrected chi connectivity index (χ4v) is 5.68. The molecule has 1 fully saturated rings. The Labute approximate surface area is 185 Å². The number of fused-ring (bicyclic) bond motifs is 3. The summed E-state index contributed by atoms with van der Waals surface area (Å²) in [5, 5.41) is 6.53. The number of methoxy groups -OCH3 is 1. The van der Waals surface area contributed by atoms with Crippen molar-refractivity contribution in [1.29, 1.82) is 0 Å². The number of halogens is 1. The molecule has 2 heterocycles. The van der Waals surface area contributed by atoms with E-state index in [1.807, 2.05) is 18.2 Å². The minimum Gasteiger partial charge on any atom is -0.495 e. The average molecular weight is 438 g/mol.